The second-order valence-corrected chi connectivity index (χ2v) is 6.65. The molecule has 0 atom stereocenters. The third-order valence-electron chi connectivity index (χ3n) is 3.51. The molecule has 0 unspecified atom stereocenters. The van der Waals surface area contributed by atoms with Crippen molar-refractivity contribution >= 4 is 40.9 Å². The molecule has 0 aliphatic rings. The van der Waals surface area contributed by atoms with E-state index in [2.05, 4.69) is 10.9 Å². The standard InChI is InChI=1S/C19H19Cl2N3O5/c20-13-5-8-16(15(21)10-13)28-9-1-2-18(26)23-24-19(27)12-3-6-14(7-4-12)29-11-17(22)25/h3-8,10H,1-2,9,11H2,(H2,22,25)(H,23,26)(H,24,27). The van der Waals surface area contributed by atoms with E-state index in [1.54, 1.807) is 18.2 Å². The van der Waals surface area contributed by atoms with Gasteiger partial charge in [-0.3, -0.25) is 25.2 Å². The van der Waals surface area contributed by atoms with Crippen LogP contribution >= 0.6 is 23.2 Å². The van der Waals surface area contributed by atoms with E-state index in [9.17, 15) is 14.4 Å². The van der Waals surface area contributed by atoms with Crippen molar-refractivity contribution in [2.45, 2.75) is 12.8 Å². The Hall–Kier alpha value is -2.97. The molecule has 0 radical (unpaired) electrons. The van der Waals surface area contributed by atoms with Gasteiger partial charge in [-0.25, -0.2) is 0 Å². The highest BCUT2D eigenvalue weighted by Crippen LogP contribution is 2.27. The van der Waals surface area contributed by atoms with Gasteiger partial charge in [0.1, 0.15) is 11.5 Å². The lowest BCUT2D eigenvalue weighted by Crippen LogP contribution is -2.41. The molecule has 0 saturated carbocycles. The third-order valence-corrected chi connectivity index (χ3v) is 4.04. The summed E-state index contributed by atoms with van der Waals surface area (Å²) in [4.78, 5) is 34.5. The van der Waals surface area contributed by atoms with Crippen molar-refractivity contribution in [1.82, 2.24) is 10.9 Å². The lowest BCUT2D eigenvalue weighted by atomic mass is 10.2. The fourth-order valence-electron chi connectivity index (χ4n) is 2.13. The van der Waals surface area contributed by atoms with Gasteiger partial charge in [0.05, 0.1) is 11.6 Å². The second-order valence-electron chi connectivity index (χ2n) is 5.81. The van der Waals surface area contributed by atoms with Crippen molar-refractivity contribution in [3.63, 3.8) is 0 Å². The minimum absolute atomic E-state index is 0.144. The third kappa shape index (κ3) is 7.89. The zero-order valence-corrected chi connectivity index (χ0v) is 16.8. The van der Waals surface area contributed by atoms with Gasteiger partial charge in [0.15, 0.2) is 6.61 Å². The molecule has 0 aliphatic heterocycles. The van der Waals surface area contributed by atoms with Gasteiger partial charge in [-0.2, -0.15) is 0 Å². The Morgan fingerprint density at radius 3 is 2.34 bits per heavy atom. The normalized spacial score (nSPS) is 10.1. The number of hydrogen-bond donors (Lipinski definition) is 3. The molecular weight excluding hydrogens is 421 g/mol. The number of carbonyl (C=O) groups is 3. The van der Waals surface area contributed by atoms with E-state index in [1.807, 2.05) is 0 Å². The van der Waals surface area contributed by atoms with Crippen molar-refractivity contribution < 1.29 is 23.9 Å². The Balaban J connectivity index is 1.67. The first-order valence-corrected chi connectivity index (χ1v) is 9.29. The molecule has 0 bridgehead atoms. The van der Waals surface area contributed by atoms with E-state index in [0.29, 0.717) is 33.5 Å². The minimum Gasteiger partial charge on any atom is -0.492 e. The summed E-state index contributed by atoms with van der Waals surface area (Å²) in [5.74, 6) is -0.594. The number of rotatable bonds is 9. The number of nitrogens with one attached hydrogen (secondary N) is 2. The lowest BCUT2D eigenvalue weighted by Gasteiger charge is -2.10. The average Bonchev–Trinajstić information content (AvgIpc) is 2.69. The molecule has 0 saturated heterocycles. The molecule has 10 heteroatoms. The molecule has 4 N–H and O–H groups in total. The molecule has 0 spiro atoms. The molecule has 2 rings (SSSR count). The summed E-state index contributed by atoms with van der Waals surface area (Å²) in [7, 11) is 0. The fraction of sp³-hybridized carbons (Fsp3) is 0.211. The number of hydrogen-bond acceptors (Lipinski definition) is 5. The van der Waals surface area contributed by atoms with Crippen LogP contribution in [-0.2, 0) is 9.59 Å². The Morgan fingerprint density at radius 1 is 0.966 bits per heavy atom. The largest absolute Gasteiger partial charge is 0.492 e. The molecule has 29 heavy (non-hydrogen) atoms. The van der Waals surface area contributed by atoms with Gasteiger partial charge in [0, 0.05) is 17.0 Å². The van der Waals surface area contributed by atoms with E-state index in [-0.39, 0.29) is 25.5 Å². The Labute approximate surface area is 177 Å². The number of amides is 3. The highest BCUT2D eigenvalue weighted by molar-refractivity contribution is 6.35. The summed E-state index contributed by atoms with van der Waals surface area (Å²) in [6.45, 7) is 0.0189. The van der Waals surface area contributed by atoms with Crippen LogP contribution in [0.15, 0.2) is 42.5 Å². The Kier molecular flexibility index (Phi) is 8.57. The smallest absolute Gasteiger partial charge is 0.269 e. The van der Waals surface area contributed by atoms with Crippen molar-refractivity contribution in [2.75, 3.05) is 13.2 Å². The number of hydrazine groups is 1. The van der Waals surface area contributed by atoms with E-state index < -0.39 is 11.8 Å². The van der Waals surface area contributed by atoms with Crippen LogP contribution in [0.1, 0.15) is 23.2 Å². The lowest BCUT2D eigenvalue weighted by molar-refractivity contribution is -0.122. The number of ether oxygens (including phenoxy) is 2. The van der Waals surface area contributed by atoms with Gasteiger partial charge in [-0.1, -0.05) is 23.2 Å². The predicted molar refractivity (Wildman–Crippen MR) is 108 cm³/mol. The average molecular weight is 440 g/mol. The van der Waals surface area contributed by atoms with Crippen molar-refractivity contribution in [1.29, 1.82) is 0 Å². The van der Waals surface area contributed by atoms with Gasteiger partial charge >= 0.3 is 0 Å². The molecule has 2 aromatic rings. The van der Waals surface area contributed by atoms with Crippen LogP contribution in [0.25, 0.3) is 0 Å². The van der Waals surface area contributed by atoms with Gasteiger partial charge < -0.3 is 15.2 Å². The zero-order valence-electron chi connectivity index (χ0n) is 15.2. The highest BCUT2D eigenvalue weighted by Gasteiger charge is 2.09. The predicted octanol–water partition coefficient (Wildman–Crippen LogP) is 2.48. The van der Waals surface area contributed by atoms with Gasteiger partial charge in [-0.15, -0.1) is 0 Å². The number of nitrogens with two attached hydrogens (primary N) is 1. The zero-order chi connectivity index (χ0) is 21.2. The maximum atomic E-state index is 12.0. The fourth-order valence-corrected chi connectivity index (χ4v) is 2.59. The summed E-state index contributed by atoms with van der Waals surface area (Å²) in [6, 6.07) is 10.9. The summed E-state index contributed by atoms with van der Waals surface area (Å²) in [5.41, 5.74) is 9.92. The molecule has 8 nitrogen and oxygen atoms in total. The topological polar surface area (TPSA) is 120 Å². The number of halogens is 2. The SMILES string of the molecule is NC(=O)COc1ccc(C(=O)NNC(=O)CCCOc2ccc(Cl)cc2Cl)cc1. The van der Waals surface area contributed by atoms with Crippen LogP contribution in [0, 0.1) is 0 Å². The van der Waals surface area contributed by atoms with Crippen LogP contribution in [0.5, 0.6) is 11.5 Å². The minimum atomic E-state index is -0.601. The van der Waals surface area contributed by atoms with E-state index in [4.69, 9.17) is 38.4 Å². The van der Waals surface area contributed by atoms with Crippen molar-refractivity contribution in [3.8, 4) is 11.5 Å². The maximum absolute atomic E-state index is 12.0. The first-order chi connectivity index (χ1) is 13.8. The van der Waals surface area contributed by atoms with Crippen LogP contribution in [-0.4, -0.2) is 30.9 Å². The molecule has 2 aromatic carbocycles. The summed E-state index contributed by atoms with van der Waals surface area (Å²) < 4.78 is 10.6. The van der Waals surface area contributed by atoms with Gasteiger partial charge in [0.25, 0.3) is 11.8 Å². The van der Waals surface area contributed by atoms with Crippen LogP contribution < -0.4 is 26.1 Å². The monoisotopic (exact) mass is 439 g/mol. The summed E-state index contributed by atoms with van der Waals surface area (Å²) >= 11 is 11.8. The second kappa shape index (κ2) is 11.1. The number of benzene rings is 2. The molecule has 154 valence electrons. The maximum Gasteiger partial charge on any atom is 0.269 e. The van der Waals surface area contributed by atoms with E-state index in [1.165, 1.54) is 24.3 Å². The Morgan fingerprint density at radius 2 is 1.69 bits per heavy atom. The number of carbonyl (C=O) groups excluding carboxylic acids is 3. The van der Waals surface area contributed by atoms with Crippen LogP contribution in [0.2, 0.25) is 10.0 Å². The first-order valence-electron chi connectivity index (χ1n) is 8.53. The number of primary amides is 1. The van der Waals surface area contributed by atoms with E-state index in [0.717, 1.165) is 0 Å². The molecule has 0 aliphatic carbocycles. The summed E-state index contributed by atoms with van der Waals surface area (Å²) in [6.07, 6.45) is 0.567. The molecule has 0 heterocycles. The van der Waals surface area contributed by atoms with Gasteiger partial charge in [-0.05, 0) is 48.9 Å². The van der Waals surface area contributed by atoms with Crippen molar-refractivity contribution in [3.05, 3.63) is 58.1 Å². The molecule has 3 amide bonds. The molecule has 0 fully saturated rings. The quantitative estimate of drug-likeness (QED) is 0.409. The Bertz CT molecular complexity index is 875. The molecular formula is C19H19Cl2N3O5. The summed E-state index contributed by atoms with van der Waals surface area (Å²) in [5, 5.41) is 0.894. The first kappa shape index (κ1) is 22.3. The van der Waals surface area contributed by atoms with Crippen LogP contribution in [0.4, 0.5) is 0 Å². The highest BCUT2D eigenvalue weighted by atomic mass is 35.5. The van der Waals surface area contributed by atoms with Crippen molar-refractivity contribution in [2.24, 2.45) is 5.73 Å². The van der Waals surface area contributed by atoms with Gasteiger partial charge in [0.2, 0.25) is 5.91 Å². The van der Waals surface area contributed by atoms with Crippen LogP contribution in [0.3, 0.4) is 0 Å². The van der Waals surface area contributed by atoms with E-state index >= 15 is 0 Å². The molecule has 0 aromatic heterocycles.